The van der Waals surface area contributed by atoms with Crippen LogP contribution in [-0.4, -0.2) is 11.9 Å². The Bertz CT molecular complexity index is 373. The van der Waals surface area contributed by atoms with Crippen LogP contribution in [0.3, 0.4) is 0 Å². The van der Waals surface area contributed by atoms with Crippen LogP contribution in [-0.2, 0) is 17.4 Å². The van der Waals surface area contributed by atoms with E-state index in [1.807, 2.05) is 0 Å². The first kappa shape index (κ1) is 12.5. The van der Waals surface area contributed by atoms with Crippen LogP contribution in [0.5, 0.6) is 0 Å². The molecular formula is C10H11F3N2O. The molecule has 0 aliphatic carbocycles. The van der Waals surface area contributed by atoms with Gasteiger partial charge in [-0.25, -0.2) is 0 Å². The summed E-state index contributed by atoms with van der Waals surface area (Å²) < 4.78 is 36.6. The Morgan fingerprint density at radius 2 is 1.75 bits per heavy atom. The molecule has 1 amide bonds. The standard InChI is InChI=1S/C10H11F3N2O/c11-10(12,13)7-3-1-6(2-4-7)5-8(14)9(15)16/h1-4,8H,5,14H2,(H2,15,16)/t8-/m1/s1. The maximum atomic E-state index is 12.2. The van der Waals surface area contributed by atoms with Crippen LogP contribution in [0, 0.1) is 0 Å². The van der Waals surface area contributed by atoms with Gasteiger partial charge in [-0.1, -0.05) is 12.1 Å². The van der Waals surface area contributed by atoms with Crippen molar-refractivity contribution in [2.24, 2.45) is 11.5 Å². The molecule has 3 nitrogen and oxygen atoms in total. The first-order chi connectivity index (χ1) is 7.30. The highest BCUT2D eigenvalue weighted by Crippen LogP contribution is 2.29. The lowest BCUT2D eigenvalue weighted by Crippen LogP contribution is -2.38. The van der Waals surface area contributed by atoms with Crippen LogP contribution in [0.4, 0.5) is 13.2 Å². The third kappa shape index (κ3) is 3.23. The van der Waals surface area contributed by atoms with Gasteiger partial charge in [0.2, 0.25) is 5.91 Å². The first-order valence-corrected chi connectivity index (χ1v) is 4.51. The van der Waals surface area contributed by atoms with E-state index in [-0.39, 0.29) is 6.42 Å². The lowest BCUT2D eigenvalue weighted by Gasteiger charge is -2.09. The Morgan fingerprint density at radius 3 is 2.12 bits per heavy atom. The van der Waals surface area contributed by atoms with E-state index < -0.39 is 23.7 Å². The summed E-state index contributed by atoms with van der Waals surface area (Å²) in [5.41, 5.74) is 10.1. The molecule has 0 spiro atoms. The number of nitrogens with two attached hydrogens (primary N) is 2. The van der Waals surface area contributed by atoms with Gasteiger partial charge in [0, 0.05) is 0 Å². The molecule has 0 radical (unpaired) electrons. The summed E-state index contributed by atoms with van der Waals surface area (Å²) in [5.74, 6) is -0.681. The Morgan fingerprint density at radius 1 is 1.25 bits per heavy atom. The normalized spacial score (nSPS) is 13.5. The molecule has 0 heterocycles. The molecule has 0 aliphatic heterocycles. The summed E-state index contributed by atoms with van der Waals surface area (Å²) in [6.45, 7) is 0. The summed E-state index contributed by atoms with van der Waals surface area (Å²) in [6, 6.07) is 3.58. The fraction of sp³-hybridized carbons (Fsp3) is 0.300. The van der Waals surface area contributed by atoms with E-state index in [0.717, 1.165) is 12.1 Å². The number of carbonyl (C=O) groups is 1. The minimum atomic E-state index is -4.36. The van der Waals surface area contributed by atoms with Gasteiger partial charge in [0.15, 0.2) is 0 Å². The second-order valence-electron chi connectivity index (χ2n) is 3.41. The zero-order valence-electron chi connectivity index (χ0n) is 8.29. The first-order valence-electron chi connectivity index (χ1n) is 4.51. The number of amides is 1. The van der Waals surface area contributed by atoms with Crippen LogP contribution in [0.1, 0.15) is 11.1 Å². The summed E-state index contributed by atoms with van der Waals surface area (Å²) in [7, 11) is 0. The van der Waals surface area contributed by atoms with E-state index in [4.69, 9.17) is 11.5 Å². The SMILES string of the molecule is NC(=O)[C@H](N)Cc1ccc(C(F)(F)F)cc1. The number of hydrogen-bond acceptors (Lipinski definition) is 2. The fourth-order valence-corrected chi connectivity index (χ4v) is 1.18. The lowest BCUT2D eigenvalue weighted by molar-refractivity contribution is -0.137. The maximum Gasteiger partial charge on any atom is 0.416 e. The van der Waals surface area contributed by atoms with E-state index in [0.29, 0.717) is 5.56 Å². The van der Waals surface area contributed by atoms with Gasteiger partial charge >= 0.3 is 6.18 Å². The molecule has 0 unspecified atom stereocenters. The molecule has 4 N–H and O–H groups in total. The second-order valence-corrected chi connectivity index (χ2v) is 3.41. The third-order valence-corrected chi connectivity index (χ3v) is 2.10. The quantitative estimate of drug-likeness (QED) is 0.818. The number of primary amides is 1. The summed E-state index contributed by atoms with van der Waals surface area (Å²) >= 11 is 0. The predicted octanol–water partition coefficient (Wildman–Crippen LogP) is 1.06. The van der Waals surface area contributed by atoms with E-state index in [1.165, 1.54) is 12.1 Å². The van der Waals surface area contributed by atoms with Crippen molar-refractivity contribution in [2.45, 2.75) is 18.6 Å². The zero-order valence-corrected chi connectivity index (χ0v) is 8.29. The molecular weight excluding hydrogens is 221 g/mol. The van der Waals surface area contributed by atoms with Gasteiger partial charge in [-0.15, -0.1) is 0 Å². The minimum absolute atomic E-state index is 0.132. The summed E-state index contributed by atoms with van der Waals surface area (Å²) in [6.07, 6.45) is -4.22. The van der Waals surface area contributed by atoms with Crippen molar-refractivity contribution in [2.75, 3.05) is 0 Å². The molecule has 0 aromatic heterocycles. The van der Waals surface area contributed by atoms with Crippen molar-refractivity contribution >= 4 is 5.91 Å². The van der Waals surface area contributed by atoms with Gasteiger partial charge in [-0.05, 0) is 24.1 Å². The highest BCUT2D eigenvalue weighted by atomic mass is 19.4. The zero-order chi connectivity index (χ0) is 12.3. The van der Waals surface area contributed by atoms with Crippen LogP contribution in [0.15, 0.2) is 24.3 Å². The molecule has 1 aromatic rings. The highest BCUT2D eigenvalue weighted by Gasteiger charge is 2.29. The molecule has 0 aliphatic rings. The maximum absolute atomic E-state index is 12.2. The average molecular weight is 232 g/mol. The van der Waals surface area contributed by atoms with Gasteiger partial charge in [0.25, 0.3) is 0 Å². The Balaban J connectivity index is 2.76. The Hall–Kier alpha value is -1.56. The lowest BCUT2D eigenvalue weighted by atomic mass is 10.0. The predicted molar refractivity (Wildman–Crippen MR) is 52.3 cm³/mol. The summed E-state index contributed by atoms with van der Waals surface area (Å²) in [4.78, 5) is 10.6. The molecule has 0 saturated heterocycles. The van der Waals surface area contributed by atoms with E-state index >= 15 is 0 Å². The number of alkyl halides is 3. The van der Waals surface area contributed by atoms with E-state index in [9.17, 15) is 18.0 Å². The molecule has 16 heavy (non-hydrogen) atoms. The second kappa shape index (κ2) is 4.52. The minimum Gasteiger partial charge on any atom is -0.368 e. The van der Waals surface area contributed by atoms with Gasteiger partial charge in [-0.2, -0.15) is 13.2 Å². The van der Waals surface area contributed by atoms with Crippen LogP contribution < -0.4 is 11.5 Å². The summed E-state index contributed by atoms with van der Waals surface area (Å²) in [5, 5.41) is 0. The van der Waals surface area contributed by atoms with Gasteiger partial charge < -0.3 is 11.5 Å². The van der Waals surface area contributed by atoms with Crippen LogP contribution in [0.2, 0.25) is 0 Å². The third-order valence-electron chi connectivity index (χ3n) is 2.10. The molecule has 88 valence electrons. The van der Waals surface area contributed by atoms with E-state index in [1.54, 1.807) is 0 Å². The van der Waals surface area contributed by atoms with Gasteiger partial charge in [-0.3, -0.25) is 4.79 Å². The van der Waals surface area contributed by atoms with Crippen molar-refractivity contribution in [1.82, 2.24) is 0 Å². The van der Waals surface area contributed by atoms with Crippen molar-refractivity contribution in [3.63, 3.8) is 0 Å². The molecule has 1 atom stereocenters. The van der Waals surface area contributed by atoms with Crippen molar-refractivity contribution < 1.29 is 18.0 Å². The number of halogens is 3. The number of benzene rings is 1. The largest absolute Gasteiger partial charge is 0.416 e. The molecule has 0 saturated carbocycles. The van der Waals surface area contributed by atoms with E-state index in [2.05, 4.69) is 0 Å². The average Bonchev–Trinajstić information content (AvgIpc) is 2.17. The van der Waals surface area contributed by atoms with Crippen molar-refractivity contribution in [1.29, 1.82) is 0 Å². The molecule has 0 fully saturated rings. The topological polar surface area (TPSA) is 69.1 Å². The van der Waals surface area contributed by atoms with Crippen LogP contribution >= 0.6 is 0 Å². The Kier molecular flexibility index (Phi) is 3.54. The molecule has 0 bridgehead atoms. The smallest absolute Gasteiger partial charge is 0.368 e. The van der Waals surface area contributed by atoms with Crippen molar-refractivity contribution in [3.8, 4) is 0 Å². The molecule has 1 rings (SSSR count). The molecule has 1 aromatic carbocycles. The van der Waals surface area contributed by atoms with Gasteiger partial charge in [0.05, 0.1) is 11.6 Å². The van der Waals surface area contributed by atoms with Crippen molar-refractivity contribution in [3.05, 3.63) is 35.4 Å². The Labute approximate surface area is 90.2 Å². The number of rotatable bonds is 3. The fourth-order valence-electron chi connectivity index (χ4n) is 1.18. The number of hydrogen-bond donors (Lipinski definition) is 2. The highest BCUT2D eigenvalue weighted by molar-refractivity contribution is 5.79. The van der Waals surface area contributed by atoms with Crippen LogP contribution in [0.25, 0.3) is 0 Å². The monoisotopic (exact) mass is 232 g/mol. The molecule has 6 heteroatoms. The number of carbonyl (C=O) groups excluding carboxylic acids is 1. The van der Waals surface area contributed by atoms with Gasteiger partial charge in [0.1, 0.15) is 0 Å².